The van der Waals surface area contributed by atoms with E-state index in [1.165, 1.54) is 6.42 Å². The van der Waals surface area contributed by atoms with Crippen LogP contribution in [-0.2, 0) is 6.54 Å². The molecule has 0 spiro atoms. The van der Waals surface area contributed by atoms with Gasteiger partial charge in [0.1, 0.15) is 0 Å². The van der Waals surface area contributed by atoms with Gasteiger partial charge in [0, 0.05) is 24.0 Å². The Labute approximate surface area is 82.4 Å². The number of nitrogens with two attached hydrogens (primary N) is 1. The molecular formula is C9H15N3S. The van der Waals surface area contributed by atoms with Gasteiger partial charge in [-0.05, 0) is 19.3 Å². The zero-order valence-corrected chi connectivity index (χ0v) is 8.44. The summed E-state index contributed by atoms with van der Waals surface area (Å²) < 4.78 is 0. The van der Waals surface area contributed by atoms with Crippen molar-refractivity contribution in [3.05, 3.63) is 16.6 Å². The van der Waals surface area contributed by atoms with E-state index in [1.807, 2.05) is 5.51 Å². The summed E-state index contributed by atoms with van der Waals surface area (Å²) in [6.45, 7) is 1.77. The summed E-state index contributed by atoms with van der Waals surface area (Å²) in [5.41, 5.74) is 9.12. The molecule has 0 atom stereocenters. The molecule has 0 unspecified atom stereocenters. The van der Waals surface area contributed by atoms with E-state index >= 15 is 0 Å². The van der Waals surface area contributed by atoms with E-state index in [-0.39, 0.29) is 5.54 Å². The molecule has 1 aliphatic carbocycles. The highest BCUT2D eigenvalue weighted by molar-refractivity contribution is 7.07. The van der Waals surface area contributed by atoms with Gasteiger partial charge >= 0.3 is 0 Å². The predicted octanol–water partition coefficient (Wildman–Crippen LogP) is 1.11. The second-order valence-electron chi connectivity index (χ2n) is 3.80. The van der Waals surface area contributed by atoms with Crippen molar-refractivity contribution in [2.45, 2.75) is 31.3 Å². The number of hydrogen-bond acceptors (Lipinski definition) is 4. The van der Waals surface area contributed by atoms with Crippen LogP contribution in [0.4, 0.5) is 0 Å². The molecule has 0 radical (unpaired) electrons. The largest absolute Gasteiger partial charge is 0.324 e. The monoisotopic (exact) mass is 197 g/mol. The van der Waals surface area contributed by atoms with E-state index in [0.717, 1.165) is 31.6 Å². The maximum absolute atomic E-state index is 6.06. The van der Waals surface area contributed by atoms with E-state index in [2.05, 4.69) is 15.7 Å². The van der Waals surface area contributed by atoms with Crippen LogP contribution in [0.1, 0.15) is 25.0 Å². The lowest BCUT2D eigenvalue weighted by atomic mass is 9.78. The molecule has 0 aliphatic heterocycles. The first-order valence-corrected chi connectivity index (χ1v) is 5.59. The smallest absolute Gasteiger partial charge is 0.0795 e. The molecule has 1 saturated carbocycles. The summed E-state index contributed by atoms with van der Waals surface area (Å²) >= 11 is 1.63. The first-order chi connectivity index (χ1) is 6.29. The van der Waals surface area contributed by atoms with E-state index < -0.39 is 0 Å². The van der Waals surface area contributed by atoms with Crippen LogP contribution in [0, 0.1) is 0 Å². The van der Waals surface area contributed by atoms with Crippen molar-refractivity contribution in [1.29, 1.82) is 0 Å². The Morgan fingerprint density at radius 2 is 2.46 bits per heavy atom. The molecule has 0 saturated heterocycles. The van der Waals surface area contributed by atoms with Crippen molar-refractivity contribution in [2.75, 3.05) is 6.54 Å². The molecule has 1 heterocycles. The third kappa shape index (κ3) is 2.27. The zero-order valence-electron chi connectivity index (χ0n) is 7.62. The predicted molar refractivity (Wildman–Crippen MR) is 54.6 cm³/mol. The van der Waals surface area contributed by atoms with Crippen molar-refractivity contribution >= 4 is 11.3 Å². The van der Waals surface area contributed by atoms with Gasteiger partial charge in [-0.25, -0.2) is 4.98 Å². The lowest BCUT2D eigenvalue weighted by Gasteiger charge is -2.38. The first kappa shape index (κ1) is 9.12. The molecule has 1 aliphatic rings. The van der Waals surface area contributed by atoms with Crippen LogP contribution in [0.2, 0.25) is 0 Å². The number of nitrogens with zero attached hydrogens (tertiary/aromatic N) is 1. The Morgan fingerprint density at radius 1 is 1.62 bits per heavy atom. The first-order valence-electron chi connectivity index (χ1n) is 4.65. The van der Waals surface area contributed by atoms with Crippen LogP contribution in [-0.4, -0.2) is 17.1 Å². The lowest BCUT2D eigenvalue weighted by Crippen LogP contribution is -2.53. The van der Waals surface area contributed by atoms with Crippen molar-refractivity contribution in [1.82, 2.24) is 10.3 Å². The molecule has 1 aromatic rings. The molecule has 3 nitrogen and oxygen atoms in total. The molecular weight excluding hydrogens is 182 g/mol. The summed E-state index contributed by atoms with van der Waals surface area (Å²) in [7, 11) is 0. The fourth-order valence-corrected chi connectivity index (χ4v) is 2.13. The van der Waals surface area contributed by atoms with Gasteiger partial charge in [0.15, 0.2) is 0 Å². The molecule has 1 fully saturated rings. The van der Waals surface area contributed by atoms with Gasteiger partial charge in [0.2, 0.25) is 0 Å². The van der Waals surface area contributed by atoms with E-state index in [9.17, 15) is 0 Å². The molecule has 2 rings (SSSR count). The summed E-state index contributed by atoms with van der Waals surface area (Å²) in [6.07, 6.45) is 3.61. The van der Waals surface area contributed by atoms with Crippen LogP contribution in [0.5, 0.6) is 0 Å². The number of nitrogens with one attached hydrogen (secondary N) is 1. The molecule has 0 bridgehead atoms. The molecule has 72 valence electrons. The zero-order chi connectivity index (χ0) is 9.15. The average Bonchev–Trinajstić information content (AvgIpc) is 2.54. The van der Waals surface area contributed by atoms with Crippen molar-refractivity contribution in [3.8, 4) is 0 Å². The van der Waals surface area contributed by atoms with Gasteiger partial charge in [-0.2, -0.15) is 0 Å². The minimum absolute atomic E-state index is 0.0794. The molecule has 3 N–H and O–H groups in total. The van der Waals surface area contributed by atoms with Gasteiger partial charge in [0.05, 0.1) is 11.2 Å². The molecule has 4 heteroatoms. The highest BCUT2D eigenvalue weighted by Crippen LogP contribution is 2.28. The maximum atomic E-state index is 6.06. The minimum Gasteiger partial charge on any atom is -0.324 e. The maximum Gasteiger partial charge on any atom is 0.0795 e. The van der Waals surface area contributed by atoms with Crippen LogP contribution in [0.3, 0.4) is 0 Å². The lowest BCUT2D eigenvalue weighted by molar-refractivity contribution is 0.238. The van der Waals surface area contributed by atoms with Gasteiger partial charge in [-0.1, -0.05) is 0 Å². The van der Waals surface area contributed by atoms with E-state index in [0.29, 0.717) is 0 Å². The van der Waals surface area contributed by atoms with E-state index in [1.54, 1.807) is 11.3 Å². The Kier molecular flexibility index (Phi) is 2.62. The normalized spacial score (nSPS) is 19.8. The molecule has 0 amide bonds. The summed E-state index contributed by atoms with van der Waals surface area (Å²) in [4.78, 5) is 4.19. The summed E-state index contributed by atoms with van der Waals surface area (Å²) in [5.74, 6) is 0. The Morgan fingerprint density at radius 3 is 3.00 bits per heavy atom. The second kappa shape index (κ2) is 3.74. The van der Waals surface area contributed by atoms with Gasteiger partial charge in [0.25, 0.3) is 0 Å². The molecule has 13 heavy (non-hydrogen) atoms. The Bertz CT molecular complexity index is 254. The summed E-state index contributed by atoms with van der Waals surface area (Å²) in [5, 5.41) is 5.42. The van der Waals surface area contributed by atoms with Crippen LogP contribution < -0.4 is 11.1 Å². The second-order valence-corrected chi connectivity index (χ2v) is 4.52. The van der Waals surface area contributed by atoms with Crippen molar-refractivity contribution in [3.63, 3.8) is 0 Å². The van der Waals surface area contributed by atoms with Crippen molar-refractivity contribution < 1.29 is 0 Å². The quantitative estimate of drug-likeness (QED) is 0.760. The number of rotatable bonds is 4. The van der Waals surface area contributed by atoms with Crippen LogP contribution >= 0.6 is 11.3 Å². The third-order valence-electron chi connectivity index (χ3n) is 2.62. The number of aromatic nitrogens is 1. The van der Waals surface area contributed by atoms with Crippen LogP contribution in [0.15, 0.2) is 10.9 Å². The SMILES string of the molecule is NC1(CNCc2cscn2)CCC1. The van der Waals surface area contributed by atoms with Crippen molar-refractivity contribution in [2.24, 2.45) is 5.73 Å². The third-order valence-corrected chi connectivity index (χ3v) is 3.25. The average molecular weight is 197 g/mol. The molecule has 0 aromatic carbocycles. The van der Waals surface area contributed by atoms with Crippen LogP contribution in [0.25, 0.3) is 0 Å². The Hall–Kier alpha value is -0.450. The summed E-state index contributed by atoms with van der Waals surface area (Å²) in [6, 6.07) is 0. The topological polar surface area (TPSA) is 50.9 Å². The standard InChI is InChI=1S/C9H15N3S/c10-9(2-1-3-9)6-11-4-8-5-13-7-12-8/h5,7,11H,1-4,6,10H2. The fourth-order valence-electron chi connectivity index (χ4n) is 1.57. The Balaban J connectivity index is 1.69. The number of thiazole rings is 1. The van der Waals surface area contributed by atoms with Gasteiger partial charge in [-0.3, -0.25) is 0 Å². The van der Waals surface area contributed by atoms with Gasteiger partial charge < -0.3 is 11.1 Å². The highest BCUT2D eigenvalue weighted by Gasteiger charge is 2.31. The highest BCUT2D eigenvalue weighted by atomic mass is 32.1. The minimum atomic E-state index is 0.0794. The van der Waals surface area contributed by atoms with E-state index in [4.69, 9.17) is 5.73 Å². The molecule has 1 aromatic heterocycles. The van der Waals surface area contributed by atoms with Gasteiger partial charge in [-0.15, -0.1) is 11.3 Å². The number of hydrogen-bond donors (Lipinski definition) is 2. The fraction of sp³-hybridized carbons (Fsp3) is 0.667.